The van der Waals surface area contributed by atoms with E-state index in [-0.39, 0.29) is 5.97 Å². The molecular formula is C16H18O2S. The van der Waals surface area contributed by atoms with E-state index in [1.807, 2.05) is 36.4 Å². The van der Waals surface area contributed by atoms with Crippen molar-refractivity contribution >= 4 is 17.7 Å². The van der Waals surface area contributed by atoms with Crippen molar-refractivity contribution in [2.24, 2.45) is 0 Å². The van der Waals surface area contributed by atoms with Crippen LogP contribution in [0.3, 0.4) is 0 Å². The Kier molecular flexibility index (Phi) is 6.75. The van der Waals surface area contributed by atoms with Gasteiger partial charge in [-0.3, -0.25) is 4.79 Å². The Morgan fingerprint density at radius 1 is 1.42 bits per heavy atom. The molecule has 0 aromatic heterocycles. The van der Waals surface area contributed by atoms with Crippen molar-refractivity contribution in [2.45, 2.75) is 11.3 Å². The third-order valence-corrected chi connectivity index (χ3v) is 3.54. The van der Waals surface area contributed by atoms with Crippen LogP contribution in [-0.4, -0.2) is 18.8 Å². The molecule has 0 radical (unpaired) electrons. The summed E-state index contributed by atoms with van der Waals surface area (Å²) >= 11 is 1.70. The van der Waals surface area contributed by atoms with E-state index >= 15 is 0 Å². The standard InChI is InChI=1S/C16H18O2S/c1-4-7-13(5-2)12-19-15-9-6-8-14(10-15)11-16(17)18-3/h4-10H,1-2,11-12H2,3H3/b13-7+. The summed E-state index contributed by atoms with van der Waals surface area (Å²) in [4.78, 5) is 12.4. The van der Waals surface area contributed by atoms with Crippen LogP contribution in [0.25, 0.3) is 0 Å². The summed E-state index contributed by atoms with van der Waals surface area (Å²) in [5.41, 5.74) is 2.09. The number of rotatable bonds is 7. The van der Waals surface area contributed by atoms with Crippen LogP contribution < -0.4 is 0 Å². The predicted octanol–water partition coefficient (Wildman–Crippen LogP) is 3.79. The summed E-state index contributed by atoms with van der Waals surface area (Å²) in [5, 5.41) is 0. The summed E-state index contributed by atoms with van der Waals surface area (Å²) in [5.74, 6) is 0.609. The van der Waals surface area contributed by atoms with Gasteiger partial charge >= 0.3 is 5.97 Å². The first-order valence-corrected chi connectivity index (χ1v) is 6.90. The lowest BCUT2D eigenvalue weighted by Crippen LogP contribution is -2.04. The average Bonchev–Trinajstić information content (AvgIpc) is 2.43. The number of carbonyl (C=O) groups is 1. The smallest absolute Gasteiger partial charge is 0.309 e. The zero-order valence-corrected chi connectivity index (χ0v) is 11.9. The number of thioether (sulfide) groups is 1. The maximum absolute atomic E-state index is 11.2. The minimum absolute atomic E-state index is 0.222. The molecule has 0 bridgehead atoms. The zero-order chi connectivity index (χ0) is 14.1. The van der Waals surface area contributed by atoms with Crippen LogP contribution in [0.1, 0.15) is 5.56 Å². The second kappa shape index (κ2) is 8.38. The van der Waals surface area contributed by atoms with E-state index in [0.29, 0.717) is 6.42 Å². The van der Waals surface area contributed by atoms with Crippen molar-refractivity contribution < 1.29 is 9.53 Å². The van der Waals surface area contributed by atoms with E-state index in [1.54, 1.807) is 17.8 Å². The van der Waals surface area contributed by atoms with Crippen molar-refractivity contribution in [2.75, 3.05) is 12.9 Å². The Morgan fingerprint density at radius 3 is 2.84 bits per heavy atom. The molecule has 0 heterocycles. The SMILES string of the molecule is C=C/C=C(\C=C)CSc1cccc(CC(=O)OC)c1. The van der Waals surface area contributed by atoms with Gasteiger partial charge in [-0.05, 0) is 23.3 Å². The van der Waals surface area contributed by atoms with E-state index < -0.39 is 0 Å². The number of benzene rings is 1. The Balaban J connectivity index is 2.66. The van der Waals surface area contributed by atoms with Gasteiger partial charge in [-0.15, -0.1) is 11.8 Å². The average molecular weight is 274 g/mol. The van der Waals surface area contributed by atoms with Crippen molar-refractivity contribution in [1.82, 2.24) is 0 Å². The highest BCUT2D eigenvalue weighted by atomic mass is 32.2. The lowest BCUT2D eigenvalue weighted by atomic mass is 10.1. The highest BCUT2D eigenvalue weighted by molar-refractivity contribution is 7.99. The number of carbonyl (C=O) groups excluding carboxylic acids is 1. The summed E-state index contributed by atoms with van der Waals surface area (Å²) < 4.78 is 4.66. The molecule has 0 amide bonds. The van der Waals surface area contributed by atoms with Gasteiger partial charge in [0.2, 0.25) is 0 Å². The number of methoxy groups -OCH3 is 1. The molecule has 0 saturated carbocycles. The first kappa shape index (κ1) is 15.3. The molecule has 3 heteroatoms. The molecule has 1 aromatic carbocycles. The molecule has 1 rings (SSSR count). The van der Waals surface area contributed by atoms with Gasteiger partial charge in [0.15, 0.2) is 0 Å². The van der Waals surface area contributed by atoms with Crippen molar-refractivity contribution in [3.63, 3.8) is 0 Å². The molecule has 0 aliphatic carbocycles. The normalized spacial score (nSPS) is 10.9. The third kappa shape index (κ3) is 5.62. The first-order valence-electron chi connectivity index (χ1n) is 5.92. The zero-order valence-electron chi connectivity index (χ0n) is 11.1. The van der Waals surface area contributed by atoms with E-state index in [2.05, 4.69) is 17.9 Å². The van der Waals surface area contributed by atoms with Crippen LogP contribution in [0.5, 0.6) is 0 Å². The fourth-order valence-electron chi connectivity index (χ4n) is 1.48. The van der Waals surface area contributed by atoms with Crippen LogP contribution in [0, 0.1) is 0 Å². The van der Waals surface area contributed by atoms with E-state index in [9.17, 15) is 4.79 Å². The van der Waals surface area contributed by atoms with Gasteiger partial charge in [-0.1, -0.05) is 43.5 Å². The molecule has 0 atom stereocenters. The van der Waals surface area contributed by atoms with E-state index in [1.165, 1.54) is 7.11 Å². The molecule has 0 unspecified atom stereocenters. The lowest BCUT2D eigenvalue weighted by Gasteiger charge is -2.05. The Morgan fingerprint density at radius 2 is 2.21 bits per heavy atom. The molecule has 100 valence electrons. The molecule has 0 spiro atoms. The molecule has 0 aliphatic rings. The van der Waals surface area contributed by atoms with Crippen LogP contribution in [0.15, 0.2) is 66.1 Å². The van der Waals surface area contributed by atoms with Gasteiger partial charge in [0, 0.05) is 10.6 Å². The summed E-state index contributed by atoms with van der Waals surface area (Å²) in [7, 11) is 1.40. The van der Waals surface area contributed by atoms with Crippen LogP contribution in [0.4, 0.5) is 0 Å². The Hall–Kier alpha value is -1.74. The summed E-state index contributed by atoms with van der Waals surface area (Å²) in [6.45, 7) is 7.44. The fourth-order valence-corrected chi connectivity index (χ4v) is 2.43. The monoisotopic (exact) mass is 274 g/mol. The summed E-state index contributed by atoms with van der Waals surface area (Å²) in [6.07, 6.45) is 5.83. The van der Waals surface area contributed by atoms with Crippen LogP contribution in [0.2, 0.25) is 0 Å². The number of allylic oxidation sites excluding steroid dienone is 3. The molecule has 0 saturated heterocycles. The quantitative estimate of drug-likeness (QED) is 0.430. The van der Waals surface area contributed by atoms with Crippen molar-refractivity contribution in [1.29, 1.82) is 0 Å². The highest BCUT2D eigenvalue weighted by Gasteiger charge is 2.04. The largest absolute Gasteiger partial charge is 0.469 e. The molecule has 0 fully saturated rings. The fraction of sp³-hybridized carbons (Fsp3) is 0.188. The van der Waals surface area contributed by atoms with Gasteiger partial charge in [0.05, 0.1) is 13.5 Å². The van der Waals surface area contributed by atoms with Gasteiger partial charge < -0.3 is 4.74 Å². The van der Waals surface area contributed by atoms with Gasteiger partial charge in [0.25, 0.3) is 0 Å². The summed E-state index contributed by atoms with van der Waals surface area (Å²) in [6, 6.07) is 7.91. The molecule has 19 heavy (non-hydrogen) atoms. The number of esters is 1. The maximum Gasteiger partial charge on any atom is 0.309 e. The minimum atomic E-state index is -0.222. The lowest BCUT2D eigenvalue weighted by molar-refractivity contribution is -0.139. The highest BCUT2D eigenvalue weighted by Crippen LogP contribution is 2.22. The number of ether oxygens (including phenoxy) is 1. The van der Waals surface area contributed by atoms with Crippen molar-refractivity contribution in [3.05, 3.63) is 66.8 Å². The minimum Gasteiger partial charge on any atom is -0.469 e. The molecule has 1 aromatic rings. The number of hydrogen-bond acceptors (Lipinski definition) is 3. The molecular weight excluding hydrogens is 256 g/mol. The van der Waals surface area contributed by atoms with E-state index in [0.717, 1.165) is 21.8 Å². The predicted molar refractivity (Wildman–Crippen MR) is 81.4 cm³/mol. The third-order valence-electron chi connectivity index (χ3n) is 2.47. The van der Waals surface area contributed by atoms with Gasteiger partial charge in [-0.2, -0.15) is 0 Å². The number of hydrogen-bond donors (Lipinski definition) is 0. The van der Waals surface area contributed by atoms with Crippen molar-refractivity contribution in [3.8, 4) is 0 Å². The second-order valence-electron chi connectivity index (χ2n) is 3.87. The van der Waals surface area contributed by atoms with Crippen LogP contribution >= 0.6 is 11.8 Å². The van der Waals surface area contributed by atoms with Crippen LogP contribution in [-0.2, 0) is 16.0 Å². The second-order valence-corrected chi connectivity index (χ2v) is 4.92. The first-order chi connectivity index (χ1) is 9.19. The molecule has 0 N–H and O–H groups in total. The van der Waals surface area contributed by atoms with Gasteiger partial charge in [0.1, 0.15) is 0 Å². The Bertz CT molecular complexity index is 489. The van der Waals surface area contributed by atoms with Gasteiger partial charge in [-0.25, -0.2) is 0 Å². The Labute approximate surface area is 118 Å². The maximum atomic E-state index is 11.2. The molecule has 0 aliphatic heterocycles. The topological polar surface area (TPSA) is 26.3 Å². The molecule has 2 nitrogen and oxygen atoms in total. The van der Waals surface area contributed by atoms with E-state index in [4.69, 9.17) is 0 Å².